The van der Waals surface area contributed by atoms with Gasteiger partial charge in [0, 0.05) is 12.8 Å². The standard InChI is InChI=1S/C14H27O8P/c1-6-9-13(15)19-11(4)21-23(17,18-8-3)22-12(5)20-14(16)10-7-2/h11-12H,6-10H2,1-5H3. The molecule has 0 aromatic rings. The van der Waals surface area contributed by atoms with Crippen molar-refractivity contribution in [2.24, 2.45) is 0 Å². The smallest absolute Gasteiger partial charge is 0.435 e. The van der Waals surface area contributed by atoms with Gasteiger partial charge in [-0.2, -0.15) is 0 Å². The lowest BCUT2D eigenvalue weighted by Crippen LogP contribution is -2.22. The van der Waals surface area contributed by atoms with Gasteiger partial charge in [0.2, 0.25) is 12.6 Å². The molecular weight excluding hydrogens is 327 g/mol. The second-order valence-corrected chi connectivity index (χ2v) is 6.27. The molecule has 0 saturated carbocycles. The topological polar surface area (TPSA) is 97.4 Å². The van der Waals surface area contributed by atoms with E-state index < -0.39 is 32.3 Å². The first-order valence-electron chi connectivity index (χ1n) is 7.76. The SMILES string of the molecule is CCCC(=O)OC(C)OP(=O)(OCC)OC(C)OC(=O)CCC. The number of rotatable bonds is 12. The zero-order valence-electron chi connectivity index (χ0n) is 14.4. The minimum absolute atomic E-state index is 0.0442. The first-order chi connectivity index (χ1) is 10.8. The highest BCUT2D eigenvalue weighted by Crippen LogP contribution is 2.51. The van der Waals surface area contributed by atoms with Gasteiger partial charge in [-0.05, 0) is 33.6 Å². The Labute approximate surface area is 137 Å². The zero-order chi connectivity index (χ0) is 17.9. The van der Waals surface area contributed by atoms with Gasteiger partial charge in [-0.15, -0.1) is 0 Å². The minimum Gasteiger partial charge on any atom is -0.435 e. The van der Waals surface area contributed by atoms with E-state index in [9.17, 15) is 14.2 Å². The van der Waals surface area contributed by atoms with Crippen molar-refractivity contribution in [1.29, 1.82) is 0 Å². The van der Waals surface area contributed by atoms with E-state index in [4.69, 9.17) is 23.0 Å². The second-order valence-electron chi connectivity index (χ2n) is 4.69. The summed E-state index contributed by atoms with van der Waals surface area (Å²) in [5, 5.41) is 0. The molecule has 136 valence electrons. The molecule has 0 rings (SSSR count). The first kappa shape index (κ1) is 22.1. The third-order valence-corrected chi connectivity index (χ3v) is 4.03. The lowest BCUT2D eigenvalue weighted by atomic mass is 10.3. The Morgan fingerprint density at radius 2 is 1.26 bits per heavy atom. The molecule has 0 amide bonds. The van der Waals surface area contributed by atoms with Crippen molar-refractivity contribution in [2.75, 3.05) is 6.61 Å². The lowest BCUT2D eigenvalue weighted by Gasteiger charge is -2.23. The van der Waals surface area contributed by atoms with E-state index in [0.29, 0.717) is 12.8 Å². The molecule has 0 aromatic heterocycles. The molecule has 0 aliphatic heterocycles. The van der Waals surface area contributed by atoms with Gasteiger partial charge >= 0.3 is 19.8 Å². The van der Waals surface area contributed by atoms with Gasteiger partial charge in [-0.3, -0.25) is 14.1 Å². The van der Waals surface area contributed by atoms with Crippen LogP contribution < -0.4 is 0 Å². The van der Waals surface area contributed by atoms with Crippen LogP contribution in [0.5, 0.6) is 0 Å². The normalized spacial score (nSPS) is 16.2. The molecule has 0 heterocycles. The Bertz CT molecular complexity index is 380. The number of hydrogen-bond acceptors (Lipinski definition) is 8. The molecule has 0 aromatic carbocycles. The maximum Gasteiger partial charge on any atom is 0.481 e. The van der Waals surface area contributed by atoms with Gasteiger partial charge < -0.3 is 9.47 Å². The van der Waals surface area contributed by atoms with Crippen LogP contribution in [0, 0.1) is 0 Å². The Morgan fingerprint density at radius 3 is 1.57 bits per heavy atom. The van der Waals surface area contributed by atoms with Gasteiger partial charge in [0.15, 0.2) is 0 Å². The van der Waals surface area contributed by atoms with Crippen molar-refractivity contribution in [3.05, 3.63) is 0 Å². The number of ether oxygens (including phenoxy) is 2. The summed E-state index contributed by atoms with van der Waals surface area (Å²) in [7, 11) is -4.04. The Morgan fingerprint density at radius 1 is 0.870 bits per heavy atom. The van der Waals surface area contributed by atoms with Crippen molar-refractivity contribution in [3.63, 3.8) is 0 Å². The molecule has 2 atom stereocenters. The van der Waals surface area contributed by atoms with Crippen LogP contribution in [0.2, 0.25) is 0 Å². The molecule has 23 heavy (non-hydrogen) atoms. The molecule has 2 unspecified atom stereocenters. The third kappa shape index (κ3) is 10.4. The summed E-state index contributed by atoms with van der Waals surface area (Å²) < 4.78 is 37.5. The Balaban J connectivity index is 4.62. The van der Waals surface area contributed by atoms with Crippen LogP contribution in [0.3, 0.4) is 0 Å². The fourth-order valence-electron chi connectivity index (χ4n) is 1.55. The van der Waals surface area contributed by atoms with Crippen molar-refractivity contribution in [3.8, 4) is 0 Å². The van der Waals surface area contributed by atoms with Gasteiger partial charge in [0.1, 0.15) is 0 Å². The molecule has 0 bridgehead atoms. The number of esters is 2. The summed E-state index contributed by atoms with van der Waals surface area (Å²) in [5.41, 5.74) is 0. The summed E-state index contributed by atoms with van der Waals surface area (Å²) in [5.74, 6) is -0.962. The van der Waals surface area contributed by atoms with E-state index >= 15 is 0 Å². The summed E-state index contributed by atoms with van der Waals surface area (Å²) in [6, 6.07) is 0. The van der Waals surface area contributed by atoms with Crippen molar-refractivity contribution in [2.45, 2.75) is 72.9 Å². The first-order valence-corrected chi connectivity index (χ1v) is 9.22. The predicted octanol–water partition coefficient (Wildman–Crippen LogP) is 3.54. The Kier molecular flexibility index (Phi) is 11.1. The molecule has 0 fully saturated rings. The van der Waals surface area contributed by atoms with E-state index in [0.717, 1.165) is 0 Å². The monoisotopic (exact) mass is 354 g/mol. The van der Waals surface area contributed by atoms with Crippen LogP contribution in [0.25, 0.3) is 0 Å². The van der Waals surface area contributed by atoms with E-state index in [1.165, 1.54) is 13.8 Å². The average molecular weight is 354 g/mol. The maximum absolute atomic E-state index is 12.5. The minimum atomic E-state index is -4.04. The number of phosphoric acid groups is 1. The van der Waals surface area contributed by atoms with Gasteiger partial charge in [-0.1, -0.05) is 13.8 Å². The summed E-state index contributed by atoms with van der Waals surface area (Å²) in [6.07, 6.45) is -0.558. The summed E-state index contributed by atoms with van der Waals surface area (Å²) in [4.78, 5) is 22.8. The fourth-order valence-corrected chi connectivity index (χ4v) is 2.85. The fraction of sp³-hybridized carbons (Fsp3) is 0.857. The maximum atomic E-state index is 12.5. The molecule has 0 saturated heterocycles. The van der Waals surface area contributed by atoms with Crippen LogP contribution >= 0.6 is 7.82 Å². The Hall–Kier alpha value is -0.950. The van der Waals surface area contributed by atoms with E-state index in [1.54, 1.807) is 6.92 Å². The van der Waals surface area contributed by atoms with Crippen molar-refractivity contribution >= 4 is 19.8 Å². The van der Waals surface area contributed by atoms with E-state index in [1.807, 2.05) is 13.8 Å². The quantitative estimate of drug-likeness (QED) is 0.298. The van der Waals surface area contributed by atoms with Crippen LogP contribution in [0.1, 0.15) is 60.3 Å². The van der Waals surface area contributed by atoms with Crippen LogP contribution in [-0.4, -0.2) is 31.1 Å². The third-order valence-electron chi connectivity index (χ3n) is 2.35. The molecule has 9 heteroatoms. The molecule has 0 aliphatic rings. The molecule has 8 nitrogen and oxygen atoms in total. The highest BCUT2D eigenvalue weighted by Gasteiger charge is 2.33. The highest BCUT2D eigenvalue weighted by molar-refractivity contribution is 7.48. The summed E-state index contributed by atoms with van der Waals surface area (Å²) in [6.45, 7) is 8.09. The van der Waals surface area contributed by atoms with E-state index in [-0.39, 0.29) is 19.4 Å². The lowest BCUT2D eigenvalue weighted by molar-refractivity contribution is -0.170. The molecular formula is C14H27O8P. The van der Waals surface area contributed by atoms with E-state index in [2.05, 4.69) is 0 Å². The van der Waals surface area contributed by atoms with Gasteiger partial charge in [-0.25, -0.2) is 13.6 Å². The molecule has 0 N–H and O–H groups in total. The number of carbonyl (C=O) groups is 2. The average Bonchev–Trinajstić information content (AvgIpc) is 2.37. The predicted molar refractivity (Wildman–Crippen MR) is 82.3 cm³/mol. The van der Waals surface area contributed by atoms with Crippen LogP contribution in [0.15, 0.2) is 0 Å². The van der Waals surface area contributed by atoms with Gasteiger partial charge in [0.05, 0.1) is 6.61 Å². The largest absolute Gasteiger partial charge is 0.481 e. The molecule has 0 radical (unpaired) electrons. The highest BCUT2D eigenvalue weighted by atomic mass is 31.2. The second kappa shape index (κ2) is 11.6. The number of hydrogen-bond donors (Lipinski definition) is 0. The van der Waals surface area contributed by atoms with Crippen LogP contribution in [-0.2, 0) is 37.2 Å². The van der Waals surface area contributed by atoms with Crippen LogP contribution in [0.4, 0.5) is 0 Å². The number of carbonyl (C=O) groups excluding carboxylic acids is 2. The van der Waals surface area contributed by atoms with Crippen molar-refractivity contribution < 1.29 is 37.2 Å². The van der Waals surface area contributed by atoms with Gasteiger partial charge in [0.25, 0.3) is 0 Å². The van der Waals surface area contributed by atoms with Crippen molar-refractivity contribution in [1.82, 2.24) is 0 Å². The summed E-state index contributed by atoms with van der Waals surface area (Å²) >= 11 is 0. The number of phosphoric ester groups is 1. The molecule has 0 spiro atoms. The molecule has 0 aliphatic carbocycles. The zero-order valence-corrected chi connectivity index (χ0v) is 15.3.